The van der Waals surface area contributed by atoms with Crippen LogP contribution in [0.1, 0.15) is 65.4 Å². The van der Waals surface area contributed by atoms with E-state index in [9.17, 15) is 4.79 Å². The number of nitrogens with zero attached hydrogens (tertiary/aromatic N) is 3. The lowest BCUT2D eigenvalue weighted by Gasteiger charge is -2.30. The minimum Gasteiger partial charge on any atom is -0.467 e. The Hall–Kier alpha value is -1.55. The van der Waals surface area contributed by atoms with E-state index in [1.807, 2.05) is 13.1 Å². The van der Waals surface area contributed by atoms with E-state index >= 15 is 0 Å². The first-order chi connectivity index (χ1) is 17.1. The van der Waals surface area contributed by atoms with Gasteiger partial charge in [0, 0.05) is 54.3 Å². The van der Waals surface area contributed by atoms with Gasteiger partial charge in [-0.25, -0.2) is 9.97 Å². The third kappa shape index (κ3) is 7.24. The summed E-state index contributed by atoms with van der Waals surface area (Å²) in [5.74, 6) is 0.922. The number of carbonyl (C=O) groups is 1. The zero-order valence-corrected chi connectivity index (χ0v) is 22.4. The maximum atomic E-state index is 12.4. The molecule has 2 fully saturated rings. The molecule has 0 spiro atoms. The molecule has 2 aliphatic heterocycles. The van der Waals surface area contributed by atoms with Gasteiger partial charge < -0.3 is 19.7 Å². The van der Waals surface area contributed by atoms with E-state index in [4.69, 9.17) is 14.5 Å². The van der Waals surface area contributed by atoms with E-state index in [2.05, 4.69) is 15.2 Å². The quantitative estimate of drug-likeness (QED) is 0.565. The summed E-state index contributed by atoms with van der Waals surface area (Å²) in [5.41, 5.74) is 1.25. The molecule has 9 heteroatoms. The van der Waals surface area contributed by atoms with Crippen molar-refractivity contribution in [1.29, 1.82) is 0 Å². The molecule has 1 amide bonds. The van der Waals surface area contributed by atoms with Crippen LogP contribution in [0.15, 0.2) is 6.20 Å². The number of aromatic nitrogens is 2. The summed E-state index contributed by atoms with van der Waals surface area (Å²) in [4.78, 5) is 26.6. The van der Waals surface area contributed by atoms with Crippen molar-refractivity contribution in [2.45, 2.75) is 83.3 Å². The number of amides is 1. The topological polar surface area (TPSA) is 76.6 Å². The molecule has 1 aliphatic carbocycles. The Labute approximate surface area is 216 Å². The monoisotopic (exact) mass is 518 g/mol. The Morgan fingerprint density at radius 3 is 2.71 bits per heavy atom. The molecule has 3 aliphatic rings. The van der Waals surface area contributed by atoms with Gasteiger partial charge in [0.05, 0.1) is 30.3 Å². The minimum absolute atomic E-state index is 0.143. The molecule has 2 aromatic heterocycles. The van der Waals surface area contributed by atoms with Crippen molar-refractivity contribution in [3.05, 3.63) is 26.7 Å². The Bertz CT molecular complexity index is 938. The van der Waals surface area contributed by atoms with Crippen LogP contribution in [-0.4, -0.2) is 65.8 Å². The van der Waals surface area contributed by atoms with Gasteiger partial charge in [-0.2, -0.15) is 0 Å². The molecule has 0 aromatic carbocycles. The van der Waals surface area contributed by atoms with Crippen molar-refractivity contribution in [2.24, 2.45) is 5.92 Å². The SMILES string of the molecule is Cc1ncc(CC(=O)N[C@H]2CC[C@H](CCN3CCc4nc(OC5CCOCC5)sc4CC3)CC2)s1. The summed E-state index contributed by atoms with van der Waals surface area (Å²) in [6, 6.07) is 0.338. The smallest absolute Gasteiger partial charge is 0.273 e. The molecule has 7 nitrogen and oxygen atoms in total. The number of carbonyl (C=O) groups excluding carboxylic acids is 1. The van der Waals surface area contributed by atoms with Crippen LogP contribution < -0.4 is 10.1 Å². The average molecular weight is 519 g/mol. The highest BCUT2D eigenvalue weighted by atomic mass is 32.1. The average Bonchev–Trinajstić information content (AvgIpc) is 3.39. The molecular weight excluding hydrogens is 480 g/mol. The van der Waals surface area contributed by atoms with Crippen molar-refractivity contribution >= 4 is 28.6 Å². The molecule has 1 N–H and O–H groups in total. The number of aryl methyl sites for hydroxylation is 1. The van der Waals surface area contributed by atoms with Crippen LogP contribution in [0.2, 0.25) is 0 Å². The lowest BCUT2D eigenvalue weighted by atomic mass is 9.84. The van der Waals surface area contributed by atoms with Crippen LogP contribution >= 0.6 is 22.7 Å². The van der Waals surface area contributed by atoms with E-state index < -0.39 is 0 Å². The Balaban J connectivity index is 0.990. The largest absolute Gasteiger partial charge is 0.467 e. The maximum absolute atomic E-state index is 12.4. The third-order valence-electron chi connectivity index (χ3n) is 7.58. The van der Waals surface area contributed by atoms with E-state index in [0.717, 1.165) is 85.8 Å². The Morgan fingerprint density at radius 2 is 1.94 bits per heavy atom. The second-order valence-corrected chi connectivity index (χ2v) is 12.6. The van der Waals surface area contributed by atoms with Gasteiger partial charge in [0.2, 0.25) is 5.91 Å². The third-order valence-corrected chi connectivity index (χ3v) is 9.54. The van der Waals surface area contributed by atoms with Crippen LogP contribution in [0.3, 0.4) is 0 Å². The van der Waals surface area contributed by atoms with Crippen LogP contribution in [0.5, 0.6) is 5.19 Å². The molecule has 192 valence electrons. The maximum Gasteiger partial charge on any atom is 0.273 e. The molecule has 0 unspecified atom stereocenters. The number of nitrogens with one attached hydrogen (secondary N) is 1. The fourth-order valence-corrected chi connectivity index (χ4v) is 7.28. The number of hydrogen-bond acceptors (Lipinski definition) is 8. The van der Waals surface area contributed by atoms with Crippen molar-refractivity contribution in [2.75, 3.05) is 32.8 Å². The van der Waals surface area contributed by atoms with Gasteiger partial charge in [0.1, 0.15) is 6.10 Å². The van der Waals surface area contributed by atoms with Crippen molar-refractivity contribution < 1.29 is 14.3 Å². The second-order valence-electron chi connectivity index (χ2n) is 10.2. The molecule has 35 heavy (non-hydrogen) atoms. The first-order valence-corrected chi connectivity index (χ1v) is 14.9. The summed E-state index contributed by atoms with van der Waals surface area (Å²) in [6.07, 6.45) is 12.5. The van der Waals surface area contributed by atoms with E-state index in [1.54, 1.807) is 22.7 Å². The second kappa shape index (κ2) is 12.1. The molecule has 0 radical (unpaired) electrons. The first kappa shape index (κ1) is 25.1. The number of hydrogen-bond donors (Lipinski definition) is 1. The molecule has 1 saturated carbocycles. The number of ether oxygens (including phenoxy) is 2. The fraction of sp³-hybridized carbons (Fsp3) is 0.731. The minimum atomic E-state index is 0.143. The van der Waals surface area contributed by atoms with Gasteiger partial charge in [0.15, 0.2) is 0 Å². The highest BCUT2D eigenvalue weighted by Gasteiger charge is 2.25. The van der Waals surface area contributed by atoms with E-state index in [-0.39, 0.29) is 12.0 Å². The lowest BCUT2D eigenvalue weighted by Crippen LogP contribution is -2.38. The number of thiazole rings is 2. The zero-order chi connectivity index (χ0) is 24.0. The summed E-state index contributed by atoms with van der Waals surface area (Å²) >= 11 is 3.37. The standard InChI is InChI=1S/C26H38N4O3S2/c1-18-27-17-22(34-18)16-25(31)28-20-4-2-19(3-5-20)6-11-30-12-7-23-24(8-13-30)35-26(29-23)33-21-9-14-32-15-10-21/h17,19-21H,2-16H2,1H3,(H,28,31)/t19-,20-. The molecule has 1 saturated heterocycles. The van der Waals surface area contributed by atoms with Crippen LogP contribution in [-0.2, 0) is 28.8 Å². The molecule has 4 heterocycles. The first-order valence-electron chi connectivity index (χ1n) is 13.3. The van der Waals surface area contributed by atoms with Gasteiger partial charge >= 0.3 is 0 Å². The summed E-state index contributed by atoms with van der Waals surface area (Å²) in [5, 5.41) is 5.14. The van der Waals surface area contributed by atoms with Gasteiger partial charge in [-0.15, -0.1) is 11.3 Å². The van der Waals surface area contributed by atoms with Crippen LogP contribution in [0.25, 0.3) is 0 Å². The van der Waals surface area contributed by atoms with Gasteiger partial charge in [0.25, 0.3) is 5.19 Å². The lowest BCUT2D eigenvalue weighted by molar-refractivity contribution is -0.121. The van der Waals surface area contributed by atoms with Crippen LogP contribution in [0.4, 0.5) is 0 Å². The van der Waals surface area contributed by atoms with E-state index in [0.29, 0.717) is 12.5 Å². The van der Waals surface area contributed by atoms with E-state index in [1.165, 1.54) is 36.4 Å². The molecule has 5 rings (SSSR count). The summed E-state index contributed by atoms with van der Waals surface area (Å²) in [7, 11) is 0. The van der Waals surface area contributed by atoms with Crippen LogP contribution in [0, 0.1) is 12.8 Å². The highest BCUT2D eigenvalue weighted by Crippen LogP contribution is 2.31. The molecule has 0 atom stereocenters. The normalized spacial score (nSPS) is 24.0. The number of rotatable bonds is 8. The number of fused-ring (bicyclic) bond motifs is 1. The molecule has 0 bridgehead atoms. The predicted octanol–water partition coefficient (Wildman–Crippen LogP) is 4.17. The van der Waals surface area contributed by atoms with Crippen molar-refractivity contribution in [1.82, 2.24) is 20.2 Å². The van der Waals surface area contributed by atoms with Gasteiger partial charge in [-0.3, -0.25) is 4.79 Å². The zero-order valence-electron chi connectivity index (χ0n) is 20.8. The molecular formula is C26H38N4O3S2. The van der Waals surface area contributed by atoms with Crippen molar-refractivity contribution in [3.63, 3.8) is 0 Å². The summed E-state index contributed by atoms with van der Waals surface area (Å²) in [6.45, 7) is 6.97. The van der Waals surface area contributed by atoms with Crippen molar-refractivity contribution in [3.8, 4) is 5.19 Å². The predicted molar refractivity (Wildman–Crippen MR) is 139 cm³/mol. The van der Waals surface area contributed by atoms with Gasteiger partial charge in [-0.05, 0) is 57.9 Å². The highest BCUT2D eigenvalue weighted by molar-refractivity contribution is 7.13. The molecule has 2 aromatic rings. The Kier molecular flexibility index (Phi) is 8.70. The Morgan fingerprint density at radius 1 is 1.14 bits per heavy atom. The van der Waals surface area contributed by atoms with Gasteiger partial charge in [-0.1, -0.05) is 11.3 Å². The fourth-order valence-electron chi connectivity index (χ4n) is 5.48. The summed E-state index contributed by atoms with van der Waals surface area (Å²) < 4.78 is 11.6.